The highest BCUT2D eigenvalue weighted by atomic mass is 19.4. The molecule has 0 aliphatic carbocycles. The molecular weight excluding hydrogens is 440 g/mol. The fourth-order valence-electron chi connectivity index (χ4n) is 4.65. The molecule has 174 valence electrons. The molecule has 32 heavy (non-hydrogen) atoms. The summed E-state index contributed by atoms with van der Waals surface area (Å²) in [4.78, 5) is 14.3. The summed E-state index contributed by atoms with van der Waals surface area (Å²) in [5, 5.41) is 7.00. The van der Waals surface area contributed by atoms with Gasteiger partial charge >= 0.3 is 6.18 Å². The summed E-state index contributed by atoms with van der Waals surface area (Å²) in [6.45, 7) is 0.506. The summed E-state index contributed by atoms with van der Waals surface area (Å²) in [6, 6.07) is -0.120. The number of aryl methyl sites for hydroxylation is 1. The maximum absolute atomic E-state index is 13.8. The Morgan fingerprint density at radius 1 is 1.12 bits per heavy atom. The third-order valence-corrected chi connectivity index (χ3v) is 6.15. The molecule has 3 atom stereocenters. The summed E-state index contributed by atoms with van der Waals surface area (Å²) < 4.78 is 81.3. The van der Waals surface area contributed by atoms with Crippen LogP contribution >= 0.6 is 0 Å². The van der Waals surface area contributed by atoms with Crippen LogP contribution in [0.1, 0.15) is 42.5 Å². The Labute approximate surface area is 179 Å². The van der Waals surface area contributed by atoms with E-state index < -0.39 is 41.5 Å². The monoisotopic (exact) mass is 461 g/mol. The summed E-state index contributed by atoms with van der Waals surface area (Å²) >= 11 is 0. The van der Waals surface area contributed by atoms with Crippen molar-refractivity contribution < 1.29 is 31.1 Å². The van der Waals surface area contributed by atoms with Crippen LogP contribution in [-0.2, 0) is 23.8 Å². The van der Waals surface area contributed by atoms with E-state index in [2.05, 4.69) is 10.2 Å². The largest absolute Gasteiger partial charge is 0.451 e. The summed E-state index contributed by atoms with van der Waals surface area (Å²) in [6.07, 6.45) is -3.69. The number of carbonyl (C=O) groups excluding carboxylic acids is 1. The molecule has 0 spiro atoms. The molecule has 0 bridgehead atoms. The lowest BCUT2D eigenvalue weighted by Gasteiger charge is -2.42. The first-order chi connectivity index (χ1) is 15.0. The van der Waals surface area contributed by atoms with Gasteiger partial charge in [-0.05, 0) is 36.8 Å². The van der Waals surface area contributed by atoms with Crippen molar-refractivity contribution >= 4 is 5.91 Å². The van der Waals surface area contributed by atoms with E-state index in [9.17, 15) is 31.1 Å². The third kappa shape index (κ3) is 4.32. The molecule has 1 aromatic carbocycles. The van der Waals surface area contributed by atoms with Crippen molar-refractivity contribution in [1.82, 2.24) is 19.7 Å². The first-order valence-electron chi connectivity index (χ1n) is 10.2. The topological polar surface area (TPSA) is 77.0 Å². The number of benzene rings is 1. The van der Waals surface area contributed by atoms with Crippen LogP contribution in [0.15, 0.2) is 12.1 Å². The molecule has 1 fully saturated rings. The number of fused-ring (bicyclic) bond motifs is 3. The normalized spacial score (nSPS) is 21.8. The zero-order valence-corrected chi connectivity index (χ0v) is 16.9. The van der Waals surface area contributed by atoms with Crippen LogP contribution in [0.25, 0.3) is 0 Å². The molecule has 3 heterocycles. The number of carbonyl (C=O) groups is 1. The molecule has 2 N–H and O–H groups in total. The Morgan fingerprint density at radius 3 is 2.56 bits per heavy atom. The maximum atomic E-state index is 13.8. The van der Waals surface area contributed by atoms with Gasteiger partial charge in [0.25, 0.3) is 0 Å². The average molecular weight is 461 g/mol. The van der Waals surface area contributed by atoms with Gasteiger partial charge in [-0.1, -0.05) is 0 Å². The third-order valence-electron chi connectivity index (χ3n) is 6.15. The van der Waals surface area contributed by atoms with Gasteiger partial charge in [0.2, 0.25) is 11.7 Å². The van der Waals surface area contributed by atoms with E-state index in [-0.39, 0.29) is 43.3 Å². The molecule has 2 aliphatic heterocycles. The predicted octanol–water partition coefficient (Wildman–Crippen LogP) is 3.01. The lowest BCUT2D eigenvalue weighted by atomic mass is 9.84. The van der Waals surface area contributed by atoms with Crippen molar-refractivity contribution in [2.75, 3.05) is 13.1 Å². The minimum absolute atomic E-state index is 0.130. The van der Waals surface area contributed by atoms with E-state index in [1.165, 1.54) is 0 Å². The molecule has 2 aromatic rings. The first kappa shape index (κ1) is 22.6. The van der Waals surface area contributed by atoms with E-state index >= 15 is 0 Å². The zero-order chi connectivity index (χ0) is 23.2. The van der Waals surface area contributed by atoms with Crippen molar-refractivity contribution in [3.63, 3.8) is 0 Å². The molecular formula is C20H21F6N5O. The van der Waals surface area contributed by atoms with E-state index in [1.807, 2.05) is 0 Å². The number of hydrogen-bond donors (Lipinski definition) is 1. The average Bonchev–Trinajstić information content (AvgIpc) is 3.16. The summed E-state index contributed by atoms with van der Waals surface area (Å²) in [5.74, 6) is -4.67. The van der Waals surface area contributed by atoms with Gasteiger partial charge in [-0.2, -0.15) is 13.2 Å². The number of nitrogens with zero attached hydrogens (tertiary/aromatic N) is 4. The smallest absolute Gasteiger partial charge is 0.342 e. The van der Waals surface area contributed by atoms with Crippen molar-refractivity contribution in [2.45, 2.75) is 50.4 Å². The second kappa shape index (κ2) is 8.38. The quantitative estimate of drug-likeness (QED) is 0.561. The van der Waals surface area contributed by atoms with Crippen molar-refractivity contribution in [1.29, 1.82) is 0 Å². The van der Waals surface area contributed by atoms with Gasteiger partial charge in [0.15, 0.2) is 11.6 Å². The van der Waals surface area contributed by atoms with Crippen LogP contribution in [-0.4, -0.2) is 44.7 Å². The Kier molecular flexibility index (Phi) is 5.91. The number of alkyl halides is 3. The number of likely N-dealkylation sites (tertiary alicyclic amines) is 1. The Hall–Kier alpha value is -2.63. The van der Waals surface area contributed by atoms with Crippen LogP contribution in [0, 0.1) is 23.4 Å². The Balaban J connectivity index is 1.39. The SMILES string of the molecule is N[C@@H](CC(=O)N1CC[C@@H]2[C@@H](CCc3nnc(C(F)(F)F)n32)C1)Cc1cc(F)c(F)cc1F. The van der Waals surface area contributed by atoms with Crippen LogP contribution in [0.5, 0.6) is 0 Å². The Bertz CT molecular complexity index is 1020. The molecule has 12 heteroatoms. The Morgan fingerprint density at radius 2 is 1.84 bits per heavy atom. The number of amides is 1. The molecule has 1 saturated heterocycles. The van der Waals surface area contributed by atoms with Crippen LogP contribution < -0.4 is 5.73 Å². The standard InChI is InChI=1S/C20H21F6N5O/c21-13-8-15(23)14(22)6-11(13)5-12(27)7-18(32)30-4-3-16-10(9-30)1-2-17-28-29-19(31(16)17)20(24,25)26/h6,8,10,12,16H,1-5,7,9,27H2/t10-,12+,16+/m0/s1. The molecule has 1 amide bonds. The van der Waals surface area contributed by atoms with Gasteiger partial charge in [0.1, 0.15) is 11.6 Å². The number of piperidine rings is 1. The number of nitrogens with two attached hydrogens (primary N) is 1. The van der Waals surface area contributed by atoms with E-state index in [1.54, 1.807) is 4.90 Å². The second-order valence-corrected chi connectivity index (χ2v) is 8.33. The van der Waals surface area contributed by atoms with Gasteiger partial charge < -0.3 is 15.2 Å². The fraction of sp³-hybridized carbons (Fsp3) is 0.550. The minimum atomic E-state index is -4.61. The number of hydrogen-bond acceptors (Lipinski definition) is 4. The molecule has 1 aromatic heterocycles. The van der Waals surface area contributed by atoms with Crippen LogP contribution in [0.2, 0.25) is 0 Å². The highest BCUT2D eigenvalue weighted by Gasteiger charge is 2.45. The molecule has 0 radical (unpaired) electrons. The first-order valence-corrected chi connectivity index (χ1v) is 10.2. The van der Waals surface area contributed by atoms with E-state index in [0.717, 1.165) is 10.6 Å². The van der Waals surface area contributed by atoms with Gasteiger partial charge in [-0.15, -0.1) is 10.2 Å². The van der Waals surface area contributed by atoms with E-state index in [4.69, 9.17) is 5.73 Å². The highest BCUT2D eigenvalue weighted by molar-refractivity contribution is 5.77. The molecule has 4 rings (SSSR count). The number of rotatable bonds is 4. The molecule has 0 unspecified atom stereocenters. The summed E-state index contributed by atoms with van der Waals surface area (Å²) in [5.41, 5.74) is 5.81. The van der Waals surface area contributed by atoms with Crippen LogP contribution in [0.3, 0.4) is 0 Å². The highest BCUT2D eigenvalue weighted by Crippen LogP contribution is 2.40. The van der Waals surface area contributed by atoms with Crippen molar-refractivity contribution in [3.8, 4) is 0 Å². The van der Waals surface area contributed by atoms with Crippen LogP contribution in [0.4, 0.5) is 26.3 Å². The van der Waals surface area contributed by atoms with Crippen molar-refractivity contribution in [3.05, 3.63) is 46.8 Å². The lowest BCUT2D eigenvalue weighted by molar-refractivity contribution is -0.150. The predicted molar refractivity (Wildman–Crippen MR) is 99.7 cm³/mol. The van der Waals surface area contributed by atoms with Gasteiger partial charge in [-0.3, -0.25) is 4.79 Å². The van der Waals surface area contributed by atoms with E-state index in [0.29, 0.717) is 31.2 Å². The molecule has 0 saturated carbocycles. The second-order valence-electron chi connectivity index (χ2n) is 8.33. The lowest BCUT2D eigenvalue weighted by Crippen LogP contribution is -2.48. The van der Waals surface area contributed by atoms with Gasteiger partial charge in [0, 0.05) is 44.1 Å². The fourth-order valence-corrected chi connectivity index (χ4v) is 4.65. The molecule has 2 aliphatic rings. The van der Waals surface area contributed by atoms with Gasteiger partial charge in [0.05, 0.1) is 0 Å². The minimum Gasteiger partial charge on any atom is -0.342 e. The summed E-state index contributed by atoms with van der Waals surface area (Å²) in [7, 11) is 0. The number of aromatic nitrogens is 3. The van der Waals surface area contributed by atoms with Gasteiger partial charge in [-0.25, -0.2) is 13.2 Å². The number of halogens is 6. The zero-order valence-electron chi connectivity index (χ0n) is 16.9. The van der Waals surface area contributed by atoms with Crippen molar-refractivity contribution in [2.24, 2.45) is 11.7 Å². The molecule has 6 nitrogen and oxygen atoms in total. The maximum Gasteiger partial charge on any atom is 0.451 e.